The number of ketones is 1. The maximum Gasteiger partial charge on any atom is 0.295 e. The van der Waals surface area contributed by atoms with Gasteiger partial charge in [0.1, 0.15) is 24.7 Å². The molecule has 2 aromatic rings. The monoisotopic (exact) mass is 480 g/mol. The van der Waals surface area contributed by atoms with Crippen molar-refractivity contribution in [2.24, 2.45) is 0 Å². The molecule has 1 atom stereocenters. The number of carbonyl (C=O) groups is 2. The van der Waals surface area contributed by atoms with Gasteiger partial charge >= 0.3 is 0 Å². The average molecular weight is 481 g/mol. The van der Waals surface area contributed by atoms with Gasteiger partial charge in [0.2, 0.25) is 0 Å². The first-order chi connectivity index (χ1) is 17.0. The Balaban J connectivity index is 1.48. The molecule has 3 aliphatic heterocycles. The van der Waals surface area contributed by atoms with Crippen LogP contribution in [0.4, 0.5) is 0 Å². The van der Waals surface area contributed by atoms with Crippen LogP contribution in [0.1, 0.15) is 23.6 Å². The van der Waals surface area contributed by atoms with E-state index in [-0.39, 0.29) is 17.1 Å². The summed E-state index contributed by atoms with van der Waals surface area (Å²) in [5, 5.41) is 21.4. The van der Waals surface area contributed by atoms with E-state index < -0.39 is 17.7 Å². The number of likely N-dealkylation sites (tertiary alicyclic amines) is 1. The smallest absolute Gasteiger partial charge is 0.295 e. The van der Waals surface area contributed by atoms with Crippen molar-refractivity contribution in [1.29, 1.82) is 0 Å². The van der Waals surface area contributed by atoms with E-state index in [1.165, 1.54) is 17.0 Å². The minimum atomic E-state index is -0.819. The summed E-state index contributed by atoms with van der Waals surface area (Å²) in [5.41, 5.74) is 0.893. The molecule has 2 saturated heterocycles. The first kappa shape index (κ1) is 23.2. The number of nitrogens with zero attached hydrogens (tertiary/aromatic N) is 2. The van der Waals surface area contributed by atoms with Crippen molar-refractivity contribution in [3.05, 3.63) is 59.2 Å². The van der Waals surface area contributed by atoms with Crippen LogP contribution in [-0.4, -0.2) is 84.3 Å². The molecule has 2 fully saturated rings. The van der Waals surface area contributed by atoms with E-state index in [1.54, 1.807) is 30.3 Å². The van der Waals surface area contributed by atoms with Gasteiger partial charge in [-0.15, -0.1) is 0 Å². The third kappa shape index (κ3) is 4.69. The fraction of sp³-hybridized carbons (Fsp3) is 0.385. The second kappa shape index (κ2) is 9.97. The number of aliphatic hydroxyl groups excluding tert-OH is 1. The lowest BCUT2D eigenvalue weighted by Crippen LogP contribution is -2.38. The lowest BCUT2D eigenvalue weighted by molar-refractivity contribution is -0.140. The lowest BCUT2D eigenvalue weighted by Gasteiger charge is -2.29. The quantitative estimate of drug-likeness (QED) is 0.368. The molecule has 0 bridgehead atoms. The van der Waals surface area contributed by atoms with Crippen molar-refractivity contribution in [2.75, 3.05) is 52.6 Å². The number of phenolic OH excluding ortho intramolecular Hbond substituents is 1. The normalized spacial score (nSPS) is 21.9. The molecule has 2 N–H and O–H groups in total. The SMILES string of the molecule is O=C1C(=O)N(CCCN2CCOCC2)[C@@H](c2cccc(O)c2)/C1=C(\O)c1ccc2c(c1)OCCO2. The average Bonchev–Trinajstić information content (AvgIpc) is 3.13. The maximum atomic E-state index is 13.2. The summed E-state index contributed by atoms with van der Waals surface area (Å²) in [5.74, 6) is -0.670. The van der Waals surface area contributed by atoms with E-state index in [9.17, 15) is 19.8 Å². The summed E-state index contributed by atoms with van der Waals surface area (Å²) < 4.78 is 16.6. The van der Waals surface area contributed by atoms with Crippen LogP contribution >= 0.6 is 0 Å². The highest BCUT2D eigenvalue weighted by Gasteiger charge is 2.46. The summed E-state index contributed by atoms with van der Waals surface area (Å²) in [6.45, 7) is 4.95. The van der Waals surface area contributed by atoms with E-state index in [2.05, 4.69) is 4.90 Å². The van der Waals surface area contributed by atoms with Crippen LogP contribution in [0.5, 0.6) is 17.2 Å². The number of Topliss-reactive ketones (excluding diaryl/α,β-unsaturated/α-hetero) is 1. The van der Waals surface area contributed by atoms with Crippen LogP contribution in [-0.2, 0) is 14.3 Å². The molecule has 0 spiro atoms. The van der Waals surface area contributed by atoms with Crippen molar-refractivity contribution >= 4 is 17.4 Å². The number of hydrogen-bond acceptors (Lipinski definition) is 8. The van der Waals surface area contributed by atoms with E-state index in [4.69, 9.17) is 14.2 Å². The van der Waals surface area contributed by atoms with Crippen LogP contribution in [0.3, 0.4) is 0 Å². The highest BCUT2D eigenvalue weighted by atomic mass is 16.6. The molecule has 0 aliphatic carbocycles. The predicted octanol–water partition coefficient (Wildman–Crippen LogP) is 2.31. The van der Waals surface area contributed by atoms with Gasteiger partial charge in [0.25, 0.3) is 11.7 Å². The highest BCUT2D eigenvalue weighted by molar-refractivity contribution is 6.46. The zero-order chi connectivity index (χ0) is 24.4. The number of aromatic hydroxyl groups is 1. The van der Waals surface area contributed by atoms with Crippen LogP contribution in [0.15, 0.2) is 48.0 Å². The summed E-state index contributed by atoms with van der Waals surface area (Å²) in [4.78, 5) is 30.1. The van der Waals surface area contributed by atoms with Gasteiger partial charge in [-0.2, -0.15) is 0 Å². The number of amides is 1. The molecule has 35 heavy (non-hydrogen) atoms. The molecule has 184 valence electrons. The standard InChI is InChI=1S/C26H28N2O7/c29-19-4-1-3-17(15-19)23-22(24(30)18-5-6-20-21(16-18)35-14-13-34-20)25(31)26(32)28(23)8-2-7-27-9-11-33-12-10-27/h1,3-6,15-16,23,29-30H,2,7-14H2/b24-22+/t23-/m0/s1. The first-order valence-electron chi connectivity index (χ1n) is 11.8. The lowest BCUT2D eigenvalue weighted by atomic mass is 9.95. The van der Waals surface area contributed by atoms with Gasteiger partial charge in [-0.05, 0) is 42.3 Å². The largest absolute Gasteiger partial charge is 0.508 e. The number of ether oxygens (including phenoxy) is 3. The van der Waals surface area contributed by atoms with E-state index >= 15 is 0 Å². The molecule has 3 heterocycles. The fourth-order valence-corrected chi connectivity index (χ4v) is 4.79. The van der Waals surface area contributed by atoms with Crippen LogP contribution in [0, 0.1) is 0 Å². The Labute approximate surface area is 203 Å². The second-order valence-corrected chi connectivity index (χ2v) is 8.75. The Hall–Kier alpha value is -3.56. The number of phenols is 1. The van der Waals surface area contributed by atoms with E-state index in [1.807, 2.05) is 0 Å². The minimum absolute atomic E-state index is 0.0105. The third-order valence-corrected chi connectivity index (χ3v) is 6.52. The van der Waals surface area contributed by atoms with Gasteiger partial charge in [0.15, 0.2) is 11.5 Å². The summed E-state index contributed by atoms with van der Waals surface area (Å²) in [6, 6.07) is 10.5. The van der Waals surface area contributed by atoms with Gasteiger partial charge in [0, 0.05) is 31.7 Å². The van der Waals surface area contributed by atoms with Gasteiger partial charge < -0.3 is 29.3 Å². The van der Waals surface area contributed by atoms with Gasteiger partial charge in [-0.1, -0.05) is 12.1 Å². The Morgan fingerprint density at radius 1 is 0.943 bits per heavy atom. The van der Waals surface area contributed by atoms with Crippen molar-refractivity contribution in [2.45, 2.75) is 12.5 Å². The number of morpholine rings is 1. The van der Waals surface area contributed by atoms with Crippen molar-refractivity contribution in [1.82, 2.24) is 9.80 Å². The second-order valence-electron chi connectivity index (χ2n) is 8.75. The van der Waals surface area contributed by atoms with Crippen LogP contribution in [0.25, 0.3) is 5.76 Å². The summed E-state index contributed by atoms with van der Waals surface area (Å²) >= 11 is 0. The molecule has 1 amide bonds. The van der Waals surface area contributed by atoms with Gasteiger partial charge in [-0.25, -0.2) is 0 Å². The topological polar surface area (TPSA) is 109 Å². The first-order valence-corrected chi connectivity index (χ1v) is 11.8. The molecule has 0 aromatic heterocycles. The number of benzene rings is 2. The van der Waals surface area contributed by atoms with Crippen molar-refractivity contribution in [3.63, 3.8) is 0 Å². The highest BCUT2D eigenvalue weighted by Crippen LogP contribution is 2.41. The molecule has 0 saturated carbocycles. The van der Waals surface area contributed by atoms with Crippen LogP contribution < -0.4 is 9.47 Å². The van der Waals surface area contributed by atoms with Gasteiger partial charge in [0.05, 0.1) is 24.8 Å². The summed E-state index contributed by atoms with van der Waals surface area (Å²) in [6.07, 6.45) is 0.659. The molecular formula is C26H28N2O7. The Morgan fingerprint density at radius 3 is 2.49 bits per heavy atom. The Morgan fingerprint density at radius 2 is 1.71 bits per heavy atom. The number of aliphatic hydroxyl groups is 1. The molecule has 9 heteroatoms. The molecule has 0 unspecified atom stereocenters. The zero-order valence-electron chi connectivity index (χ0n) is 19.3. The number of carbonyl (C=O) groups excluding carboxylic acids is 2. The number of rotatable bonds is 6. The molecule has 3 aliphatic rings. The molecule has 9 nitrogen and oxygen atoms in total. The van der Waals surface area contributed by atoms with Crippen molar-refractivity contribution < 1.29 is 34.0 Å². The molecule has 0 radical (unpaired) electrons. The number of hydrogen-bond donors (Lipinski definition) is 2. The van der Waals surface area contributed by atoms with Crippen molar-refractivity contribution in [3.8, 4) is 17.2 Å². The molecule has 5 rings (SSSR count). The Bertz CT molecular complexity index is 1160. The van der Waals surface area contributed by atoms with E-state index in [0.717, 1.165) is 19.6 Å². The fourth-order valence-electron chi connectivity index (χ4n) is 4.79. The zero-order valence-corrected chi connectivity index (χ0v) is 19.3. The number of fused-ring (bicyclic) bond motifs is 1. The third-order valence-electron chi connectivity index (χ3n) is 6.52. The minimum Gasteiger partial charge on any atom is -0.508 e. The maximum absolute atomic E-state index is 13.2. The summed E-state index contributed by atoms with van der Waals surface area (Å²) in [7, 11) is 0. The van der Waals surface area contributed by atoms with E-state index in [0.29, 0.717) is 62.0 Å². The predicted molar refractivity (Wildman–Crippen MR) is 126 cm³/mol. The van der Waals surface area contributed by atoms with Crippen LogP contribution in [0.2, 0.25) is 0 Å². The van der Waals surface area contributed by atoms with Gasteiger partial charge in [-0.3, -0.25) is 14.5 Å². The molecule has 2 aromatic carbocycles. The molecular weight excluding hydrogens is 452 g/mol. The Kier molecular flexibility index (Phi) is 6.61.